The molecule has 0 spiro atoms. The summed E-state index contributed by atoms with van der Waals surface area (Å²) in [5, 5.41) is 0. The number of amides is 1. The fourth-order valence-corrected chi connectivity index (χ4v) is 2.98. The van der Waals surface area contributed by atoms with Crippen LogP contribution in [0.2, 0.25) is 0 Å². The van der Waals surface area contributed by atoms with Gasteiger partial charge in [0.2, 0.25) is 10.0 Å². The van der Waals surface area contributed by atoms with Gasteiger partial charge in [-0.3, -0.25) is 9.52 Å². The number of sulfonamides is 1. The molecule has 0 atom stereocenters. The SMILES string of the molecule is CCN(CCc1ccccc1)C(=O)c1cccc(NS(C)(=O)=O)c1. The number of hydrogen-bond acceptors (Lipinski definition) is 3. The fourth-order valence-electron chi connectivity index (χ4n) is 2.42. The van der Waals surface area contributed by atoms with Crippen LogP contribution in [-0.2, 0) is 16.4 Å². The van der Waals surface area contributed by atoms with Crippen molar-refractivity contribution < 1.29 is 13.2 Å². The monoisotopic (exact) mass is 346 g/mol. The van der Waals surface area contributed by atoms with E-state index in [0.29, 0.717) is 24.3 Å². The van der Waals surface area contributed by atoms with Crippen molar-refractivity contribution in [1.82, 2.24) is 4.90 Å². The van der Waals surface area contributed by atoms with E-state index >= 15 is 0 Å². The molecule has 0 aliphatic rings. The smallest absolute Gasteiger partial charge is 0.253 e. The van der Waals surface area contributed by atoms with Crippen LogP contribution in [0.5, 0.6) is 0 Å². The zero-order chi connectivity index (χ0) is 17.6. The van der Waals surface area contributed by atoms with Crippen LogP contribution < -0.4 is 4.72 Å². The minimum Gasteiger partial charge on any atom is -0.339 e. The summed E-state index contributed by atoms with van der Waals surface area (Å²) >= 11 is 0. The molecule has 5 nitrogen and oxygen atoms in total. The van der Waals surface area contributed by atoms with E-state index in [1.54, 1.807) is 29.2 Å². The molecule has 2 rings (SSSR count). The molecule has 2 aromatic rings. The number of rotatable bonds is 7. The Hall–Kier alpha value is -2.34. The number of nitrogens with zero attached hydrogens (tertiary/aromatic N) is 1. The Morgan fingerprint density at radius 1 is 1.08 bits per heavy atom. The standard InChI is InChI=1S/C18H22N2O3S/c1-3-20(13-12-15-8-5-4-6-9-15)18(21)16-10-7-11-17(14-16)19-24(2,22)23/h4-11,14,19H,3,12-13H2,1-2H3. The average molecular weight is 346 g/mol. The maximum atomic E-state index is 12.7. The highest BCUT2D eigenvalue weighted by Gasteiger charge is 2.15. The van der Waals surface area contributed by atoms with Crippen molar-refractivity contribution in [3.8, 4) is 0 Å². The van der Waals surface area contributed by atoms with Crippen molar-refractivity contribution >= 4 is 21.6 Å². The third-order valence-electron chi connectivity index (χ3n) is 3.59. The molecule has 0 radical (unpaired) electrons. The Morgan fingerprint density at radius 3 is 2.42 bits per heavy atom. The lowest BCUT2D eigenvalue weighted by Crippen LogP contribution is -2.32. The second kappa shape index (κ2) is 7.97. The van der Waals surface area contributed by atoms with Crippen molar-refractivity contribution in [2.75, 3.05) is 24.1 Å². The largest absolute Gasteiger partial charge is 0.339 e. The molecule has 1 amide bonds. The van der Waals surface area contributed by atoms with Crippen molar-refractivity contribution in [3.05, 3.63) is 65.7 Å². The van der Waals surface area contributed by atoms with Gasteiger partial charge in [-0.05, 0) is 37.1 Å². The number of nitrogens with one attached hydrogen (secondary N) is 1. The van der Waals surface area contributed by atoms with Crippen LogP contribution in [0.4, 0.5) is 5.69 Å². The van der Waals surface area contributed by atoms with E-state index in [2.05, 4.69) is 4.72 Å². The predicted molar refractivity (Wildman–Crippen MR) is 96.6 cm³/mol. The van der Waals surface area contributed by atoms with E-state index in [9.17, 15) is 13.2 Å². The lowest BCUT2D eigenvalue weighted by molar-refractivity contribution is 0.0766. The number of carbonyl (C=O) groups is 1. The van der Waals surface area contributed by atoms with Crippen molar-refractivity contribution in [2.45, 2.75) is 13.3 Å². The normalized spacial score (nSPS) is 11.1. The molecule has 0 heterocycles. The van der Waals surface area contributed by atoms with Crippen molar-refractivity contribution in [2.24, 2.45) is 0 Å². The number of anilines is 1. The van der Waals surface area contributed by atoms with Gasteiger partial charge in [-0.15, -0.1) is 0 Å². The third-order valence-corrected chi connectivity index (χ3v) is 4.20. The number of benzene rings is 2. The summed E-state index contributed by atoms with van der Waals surface area (Å²) in [6.07, 6.45) is 1.86. The molecule has 0 saturated carbocycles. The molecule has 1 N–H and O–H groups in total. The maximum Gasteiger partial charge on any atom is 0.253 e. The molecular weight excluding hydrogens is 324 g/mol. The molecule has 2 aromatic carbocycles. The second-order valence-electron chi connectivity index (χ2n) is 5.58. The van der Waals surface area contributed by atoms with Gasteiger partial charge in [0.1, 0.15) is 0 Å². The topological polar surface area (TPSA) is 66.5 Å². The summed E-state index contributed by atoms with van der Waals surface area (Å²) in [5.74, 6) is -0.106. The van der Waals surface area contributed by atoms with Gasteiger partial charge in [0.05, 0.1) is 6.26 Å². The van der Waals surface area contributed by atoms with E-state index in [4.69, 9.17) is 0 Å². The molecular formula is C18H22N2O3S. The number of hydrogen-bond donors (Lipinski definition) is 1. The summed E-state index contributed by atoms with van der Waals surface area (Å²) < 4.78 is 25.0. The first-order valence-corrected chi connectivity index (χ1v) is 9.69. The Bertz CT molecular complexity index is 789. The molecule has 0 aliphatic heterocycles. The van der Waals surface area contributed by atoms with Gasteiger partial charge in [-0.25, -0.2) is 8.42 Å². The molecule has 6 heteroatoms. The second-order valence-corrected chi connectivity index (χ2v) is 7.32. The molecule has 0 aromatic heterocycles. The summed E-state index contributed by atoms with van der Waals surface area (Å²) in [7, 11) is -3.37. The molecule has 0 aliphatic carbocycles. The van der Waals surface area contributed by atoms with Gasteiger partial charge in [-0.1, -0.05) is 36.4 Å². The Kier molecular flexibility index (Phi) is 5.98. The Labute approximate surface area is 143 Å². The van der Waals surface area contributed by atoms with Crippen LogP contribution in [0.3, 0.4) is 0 Å². The van der Waals surface area contributed by atoms with E-state index in [0.717, 1.165) is 12.7 Å². The van der Waals surface area contributed by atoms with E-state index in [1.165, 1.54) is 5.56 Å². The van der Waals surface area contributed by atoms with Crippen LogP contribution >= 0.6 is 0 Å². The molecule has 128 valence electrons. The third kappa shape index (κ3) is 5.38. The Morgan fingerprint density at radius 2 is 1.79 bits per heavy atom. The summed E-state index contributed by atoms with van der Waals surface area (Å²) in [5.41, 5.74) is 2.04. The van der Waals surface area contributed by atoms with Crippen LogP contribution in [0.15, 0.2) is 54.6 Å². The molecule has 0 unspecified atom stereocenters. The fraction of sp³-hybridized carbons (Fsp3) is 0.278. The summed E-state index contributed by atoms with van der Waals surface area (Å²) in [6, 6.07) is 16.6. The van der Waals surface area contributed by atoms with Crippen LogP contribution in [0, 0.1) is 0 Å². The quantitative estimate of drug-likeness (QED) is 0.838. The van der Waals surface area contributed by atoms with Crippen molar-refractivity contribution in [3.63, 3.8) is 0 Å². The Balaban J connectivity index is 2.09. The number of carbonyl (C=O) groups excluding carboxylic acids is 1. The van der Waals surface area contributed by atoms with Gasteiger partial charge in [0.25, 0.3) is 5.91 Å². The molecule has 0 fully saturated rings. The first kappa shape index (κ1) is 18.0. The highest BCUT2D eigenvalue weighted by molar-refractivity contribution is 7.92. The molecule has 0 saturated heterocycles. The lowest BCUT2D eigenvalue weighted by Gasteiger charge is -2.21. The zero-order valence-corrected chi connectivity index (χ0v) is 14.7. The van der Waals surface area contributed by atoms with Gasteiger partial charge in [0, 0.05) is 24.3 Å². The molecule has 0 bridgehead atoms. The van der Waals surface area contributed by atoms with Crippen LogP contribution in [0.25, 0.3) is 0 Å². The van der Waals surface area contributed by atoms with E-state index in [-0.39, 0.29) is 5.91 Å². The minimum atomic E-state index is -3.37. The molecule has 24 heavy (non-hydrogen) atoms. The summed E-state index contributed by atoms with van der Waals surface area (Å²) in [6.45, 7) is 3.14. The minimum absolute atomic E-state index is 0.106. The highest BCUT2D eigenvalue weighted by atomic mass is 32.2. The van der Waals surface area contributed by atoms with Crippen LogP contribution in [0.1, 0.15) is 22.8 Å². The first-order chi connectivity index (χ1) is 11.4. The number of likely N-dealkylation sites (N-methyl/N-ethyl adjacent to an activating group) is 1. The van der Waals surface area contributed by atoms with Gasteiger partial charge >= 0.3 is 0 Å². The van der Waals surface area contributed by atoms with E-state index in [1.807, 2.05) is 37.3 Å². The van der Waals surface area contributed by atoms with Crippen LogP contribution in [-0.4, -0.2) is 38.6 Å². The van der Waals surface area contributed by atoms with Gasteiger partial charge < -0.3 is 4.90 Å². The first-order valence-electron chi connectivity index (χ1n) is 7.80. The van der Waals surface area contributed by atoms with E-state index < -0.39 is 10.0 Å². The zero-order valence-electron chi connectivity index (χ0n) is 13.9. The predicted octanol–water partition coefficient (Wildman–Crippen LogP) is 2.76. The van der Waals surface area contributed by atoms with Gasteiger partial charge in [-0.2, -0.15) is 0 Å². The lowest BCUT2D eigenvalue weighted by atomic mass is 10.1. The van der Waals surface area contributed by atoms with Crippen molar-refractivity contribution in [1.29, 1.82) is 0 Å². The van der Waals surface area contributed by atoms with Gasteiger partial charge in [0.15, 0.2) is 0 Å². The maximum absolute atomic E-state index is 12.7. The summed E-state index contributed by atoms with van der Waals surface area (Å²) in [4.78, 5) is 14.4. The average Bonchev–Trinajstić information content (AvgIpc) is 2.55. The highest BCUT2D eigenvalue weighted by Crippen LogP contribution is 2.14.